The lowest BCUT2D eigenvalue weighted by atomic mass is 9.86. The monoisotopic (exact) mass is 494 g/mol. The normalized spacial score (nSPS) is 18.1. The second-order valence-electron chi connectivity index (χ2n) is 8.04. The Morgan fingerprint density at radius 1 is 0.914 bits per heavy atom. The first kappa shape index (κ1) is 24.4. The van der Waals surface area contributed by atoms with Crippen molar-refractivity contribution < 1.29 is 35.9 Å². The molecule has 1 amide bonds. The summed E-state index contributed by atoms with van der Waals surface area (Å²) in [7, 11) is 1.49. The van der Waals surface area contributed by atoms with Crippen LogP contribution in [0.2, 0.25) is 0 Å². The molecule has 0 saturated heterocycles. The predicted molar refractivity (Wildman–Crippen MR) is 117 cm³/mol. The Labute approximate surface area is 197 Å². The highest BCUT2D eigenvalue weighted by Gasteiger charge is 2.44. The van der Waals surface area contributed by atoms with Gasteiger partial charge in [-0.05, 0) is 60.0 Å². The van der Waals surface area contributed by atoms with Crippen LogP contribution in [0, 0.1) is 0 Å². The van der Waals surface area contributed by atoms with Gasteiger partial charge in [-0.3, -0.25) is 4.79 Å². The third-order valence-corrected chi connectivity index (χ3v) is 5.85. The molecular weight excluding hydrogens is 474 g/mol. The largest absolute Gasteiger partial charge is 0.497 e. The van der Waals surface area contributed by atoms with Gasteiger partial charge in [0.05, 0.1) is 24.8 Å². The van der Waals surface area contributed by atoms with Crippen molar-refractivity contribution in [3.63, 3.8) is 0 Å². The van der Waals surface area contributed by atoms with Gasteiger partial charge in [0.25, 0.3) is 0 Å². The van der Waals surface area contributed by atoms with Gasteiger partial charge >= 0.3 is 18.3 Å². The van der Waals surface area contributed by atoms with E-state index in [9.17, 15) is 31.1 Å². The summed E-state index contributed by atoms with van der Waals surface area (Å²) in [4.78, 5) is 13.6. The molecule has 0 radical (unpaired) electrons. The molecule has 3 aromatic carbocycles. The van der Waals surface area contributed by atoms with E-state index in [1.807, 2.05) is 0 Å². The van der Waals surface area contributed by atoms with Crippen LogP contribution in [0.25, 0.3) is 0 Å². The van der Waals surface area contributed by atoms with Gasteiger partial charge in [0.15, 0.2) is 0 Å². The summed E-state index contributed by atoms with van der Waals surface area (Å²) in [6.45, 7) is 0. The quantitative estimate of drug-likeness (QED) is 0.440. The van der Waals surface area contributed by atoms with Crippen molar-refractivity contribution >= 4 is 17.3 Å². The summed E-state index contributed by atoms with van der Waals surface area (Å²) in [6, 6.07) is 15.9. The van der Waals surface area contributed by atoms with Crippen LogP contribution in [-0.4, -0.2) is 25.2 Å². The number of ether oxygens (including phenoxy) is 1. The third-order valence-electron chi connectivity index (χ3n) is 5.85. The van der Waals surface area contributed by atoms with Gasteiger partial charge in [-0.25, -0.2) is 0 Å². The number of benzene rings is 3. The lowest BCUT2D eigenvalue weighted by Gasteiger charge is -2.44. The van der Waals surface area contributed by atoms with E-state index in [2.05, 4.69) is 5.32 Å². The molecule has 3 aromatic rings. The van der Waals surface area contributed by atoms with Crippen molar-refractivity contribution in [2.24, 2.45) is 0 Å². The molecule has 0 spiro atoms. The smallest absolute Gasteiger partial charge is 0.471 e. The molecule has 0 bridgehead atoms. The van der Waals surface area contributed by atoms with Crippen molar-refractivity contribution in [3.05, 3.63) is 89.5 Å². The number of halogens is 6. The SMILES string of the molecule is COc1ccc(N2c3ccccc3C[C@H](NC(=O)C(F)(F)F)[C@H]2c2ccc(C(F)(F)F)cc2)cc1. The number of carbonyl (C=O) groups is 1. The minimum atomic E-state index is -5.12. The van der Waals surface area contributed by atoms with Crippen LogP contribution >= 0.6 is 0 Å². The number of carbonyl (C=O) groups excluding carboxylic acids is 1. The molecule has 4 rings (SSSR count). The maximum atomic E-state index is 13.2. The first-order valence-electron chi connectivity index (χ1n) is 10.5. The van der Waals surface area contributed by atoms with Crippen LogP contribution in [-0.2, 0) is 17.4 Å². The van der Waals surface area contributed by atoms with E-state index in [4.69, 9.17) is 4.74 Å². The lowest BCUT2D eigenvalue weighted by Crippen LogP contribution is -2.52. The topological polar surface area (TPSA) is 41.6 Å². The summed E-state index contributed by atoms with van der Waals surface area (Å²) in [5.41, 5.74) is 1.34. The number of amides is 1. The summed E-state index contributed by atoms with van der Waals surface area (Å²) < 4.78 is 84.1. The Morgan fingerprint density at radius 3 is 2.11 bits per heavy atom. The number of methoxy groups -OCH3 is 1. The van der Waals surface area contributed by atoms with Crippen LogP contribution in [0.5, 0.6) is 5.75 Å². The number of alkyl halides is 6. The molecule has 4 nitrogen and oxygen atoms in total. The predicted octanol–water partition coefficient (Wildman–Crippen LogP) is 6.20. The van der Waals surface area contributed by atoms with E-state index in [-0.39, 0.29) is 6.42 Å². The van der Waals surface area contributed by atoms with Crippen LogP contribution in [0.3, 0.4) is 0 Å². The van der Waals surface area contributed by atoms with Gasteiger partial charge in [0, 0.05) is 11.4 Å². The second kappa shape index (κ2) is 9.16. The Hall–Kier alpha value is -3.69. The molecule has 2 atom stereocenters. The third kappa shape index (κ3) is 5.06. The molecule has 10 heteroatoms. The number of nitrogens with one attached hydrogen (secondary N) is 1. The van der Waals surface area contributed by atoms with Gasteiger partial charge in [0.1, 0.15) is 5.75 Å². The Balaban J connectivity index is 1.87. The van der Waals surface area contributed by atoms with Crippen molar-refractivity contribution in [1.29, 1.82) is 0 Å². The molecule has 35 heavy (non-hydrogen) atoms. The molecule has 1 N–H and O–H groups in total. The summed E-state index contributed by atoms with van der Waals surface area (Å²) in [5.74, 6) is -1.57. The van der Waals surface area contributed by atoms with Gasteiger partial charge in [-0.15, -0.1) is 0 Å². The second-order valence-corrected chi connectivity index (χ2v) is 8.04. The Bertz CT molecular complexity index is 1190. The van der Waals surface area contributed by atoms with E-state index >= 15 is 0 Å². The Kier molecular flexibility index (Phi) is 6.40. The zero-order valence-corrected chi connectivity index (χ0v) is 18.3. The van der Waals surface area contributed by atoms with Crippen molar-refractivity contribution in [2.75, 3.05) is 12.0 Å². The fraction of sp³-hybridized carbons (Fsp3) is 0.240. The van der Waals surface area contributed by atoms with E-state index in [0.29, 0.717) is 28.3 Å². The first-order chi connectivity index (χ1) is 16.5. The summed E-state index contributed by atoms with van der Waals surface area (Å²) in [5, 5.41) is 2.06. The van der Waals surface area contributed by atoms with E-state index in [1.165, 1.54) is 19.2 Å². The van der Waals surface area contributed by atoms with Crippen molar-refractivity contribution in [2.45, 2.75) is 30.9 Å². The number of fused-ring (bicyclic) bond motifs is 1. The molecule has 0 unspecified atom stereocenters. The average Bonchev–Trinajstić information content (AvgIpc) is 2.82. The highest BCUT2D eigenvalue weighted by Crippen LogP contribution is 2.45. The highest BCUT2D eigenvalue weighted by atomic mass is 19.4. The van der Waals surface area contributed by atoms with E-state index in [0.717, 1.165) is 12.1 Å². The Morgan fingerprint density at radius 2 is 1.54 bits per heavy atom. The van der Waals surface area contributed by atoms with Crippen molar-refractivity contribution in [3.8, 4) is 5.75 Å². The van der Waals surface area contributed by atoms with E-state index < -0.39 is 35.9 Å². The molecule has 1 aliphatic heterocycles. The van der Waals surface area contributed by atoms with Gasteiger partial charge in [-0.1, -0.05) is 30.3 Å². The molecule has 0 aromatic heterocycles. The molecule has 0 aliphatic carbocycles. The standard InChI is InChI=1S/C25H20F6N2O2/c1-35-19-12-10-18(11-13-19)33-21-5-3-2-4-16(21)14-20(32-23(34)25(29,30)31)22(33)15-6-8-17(9-7-15)24(26,27)28/h2-13,20,22H,14H2,1H3,(H,32,34)/t20-,22+/m0/s1. The number of rotatable bonds is 4. The molecular formula is C25H20F6N2O2. The van der Waals surface area contributed by atoms with Gasteiger partial charge < -0.3 is 15.0 Å². The van der Waals surface area contributed by atoms with Crippen LogP contribution < -0.4 is 15.0 Å². The minimum absolute atomic E-state index is 0.0519. The maximum Gasteiger partial charge on any atom is 0.471 e. The molecule has 0 fully saturated rings. The van der Waals surface area contributed by atoms with Crippen molar-refractivity contribution in [1.82, 2.24) is 5.32 Å². The van der Waals surface area contributed by atoms with Crippen LogP contribution in [0.4, 0.5) is 37.7 Å². The number of hydrogen-bond acceptors (Lipinski definition) is 3. The maximum absolute atomic E-state index is 13.2. The zero-order valence-electron chi connectivity index (χ0n) is 18.3. The van der Waals surface area contributed by atoms with E-state index in [1.54, 1.807) is 53.4 Å². The summed E-state index contributed by atoms with van der Waals surface area (Å²) >= 11 is 0. The fourth-order valence-electron chi connectivity index (χ4n) is 4.27. The first-order valence-corrected chi connectivity index (χ1v) is 10.5. The molecule has 1 aliphatic rings. The number of nitrogens with zero attached hydrogens (tertiary/aromatic N) is 1. The molecule has 1 heterocycles. The number of anilines is 2. The number of hydrogen-bond donors (Lipinski definition) is 1. The summed E-state index contributed by atoms with van der Waals surface area (Å²) in [6.07, 6.45) is -9.64. The van der Waals surface area contributed by atoms with Gasteiger partial charge in [0.2, 0.25) is 0 Å². The van der Waals surface area contributed by atoms with Crippen LogP contribution in [0.15, 0.2) is 72.8 Å². The minimum Gasteiger partial charge on any atom is -0.497 e. The fourth-order valence-corrected chi connectivity index (χ4v) is 4.27. The van der Waals surface area contributed by atoms with Gasteiger partial charge in [-0.2, -0.15) is 26.3 Å². The molecule has 184 valence electrons. The number of para-hydroxylation sites is 1. The molecule has 0 saturated carbocycles. The lowest BCUT2D eigenvalue weighted by molar-refractivity contribution is -0.174. The zero-order chi connectivity index (χ0) is 25.4. The average molecular weight is 494 g/mol. The highest BCUT2D eigenvalue weighted by molar-refractivity contribution is 5.83. The van der Waals surface area contributed by atoms with Crippen LogP contribution in [0.1, 0.15) is 22.7 Å².